The number of thiophene rings is 1. The van der Waals surface area contributed by atoms with Crippen LogP contribution in [0.5, 0.6) is 0 Å². The van der Waals surface area contributed by atoms with Crippen LogP contribution in [-0.4, -0.2) is 33.1 Å². The standard InChI is InChI=1S/C27H26N6S/c1-3-14-33(28)15-13-30-27-31-17-18(2)24(32-27)23-16-20-8-5-11-22(26(20)34-23)21-10-4-7-19-9-6-12-29-25(19)21/h3-12,14,16-17H,13,15,28H2,1-2H3,(H,30,31,32)/b14-3-. The second-order valence-corrected chi connectivity index (χ2v) is 9.14. The van der Waals surface area contributed by atoms with Gasteiger partial charge in [0.1, 0.15) is 0 Å². The van der Waals surface area contributed by atoms with E-state index in [1.807, 2.05) is 44.6 Å². The Labute approximate surface area is 202 Å². The van der Waals surface area contributed by atoms with Gasteiger partial charge in [-0.05, 0) is 36.9 Å². The number of allylic oxidation sites excluding steroid dienone is 1. The predicted octanol–water partition coefficient (Wildman–Crippen LogP) is 6.00. The number of nitrogens with zero attached hydrogens (tertiary/aromatic N) is 4. The van der Waals surface area contributed by atoms with Crippen molar-refractivity contribution < 1.29 is 0 Å². The number of nitrogens with one attached hydrogen (secondary N) is 1. The topological polar surface area (TPSA) is 80.0 Å². The van der Waals surface area contributed by atoms with Crippen molar-refractivity contribution in [3.05, 3.63) is 84.8 Å². The molecular formula is C27H26N6S. The quantitative estimate of drug-likeness (QED) is 0.226. The van der Waals surface area contributed by atoms with Crippen molar-refractivity contribution >= 4 is 38.3 Å². The summed E-state index contributed by atoms with van der Waals surface area (Å²) < 4.78 is 1.23. The zero-order chi connectivity index (χ0) is 23.5. The Morgan fingerprint density at radius 3 is 2.68 bits per heavy atom. The minimum atomic E-state index is 0.602. The summed E-state index contributed by atoms with van der Waals surface area (Å²) in [4.78, 5) is 15.1. The normalized spacial score (nSPS) is 11.5. The van der Waals surface area contributed by atoms with Gasteiger partial charge in [0.05, 0.1) is 22.6 Å². The number of hydrazine groups is 1. The zero-order valence-corrected chi connectivity index (χ0v) is 20.0. The Kier molecular flexibility index (Phi) is 6.20. The van der Waals surface area contributed by atoms with Crippen LogP contribution >= 0.6 is 11.3 Å². The summed E-state index contributed by atoms with van der Waals surface area (Å²) >= 11 is 1.76. The first-order valence-electron chi connectivity index (χ1n) is 11.2. The second-order valence-electron chi connectivity index (χ2n) is 8.09. The Balaban J connectivity index is 1.51. The van der Waals surface area contributed by atoms with E-state index in [0.29, 0.717) is 19.0 Å². The number of pyridine rings is 1. The van der Waals surface area contributed by atoms with E-state index in [-0.39, 0.29) is 0 Å². The van der Waals surface area contributed by atoms with Gasteiger partial charge in [-0.3, -0.25) is 4.98 Å². The molecule has 34 heavy (non-hydrogen) atoms. The molecule has 0 saturated heterocycles. The van der Waals surface area contributed by atoms with Crippen LogP contribution < -0.4 is 11.2 Å². The van der Waals surface area contributed by atoms with Gasteiger partial charge in [0.15, 0.2) is 0 Å². The van der Waals surface area contributed by atoms with Crippen molar-refractivity contribution in [1.29, 1.82) is 0 Å². The van der Waals surface area contributed by atoms with Gasteiger partial charge >= 0.3 is 0 Å². The number of aromatic nitrogens is 3. The maximum atomic E-state index is 5.90. The fourth-order valence-corrected chi connectivity index (χ4v) is 5.29. The first-order valence-corrected chi connectivity index (χ1v) is 12.0. The molecule has 0 aliphatic carbocycles. The number of para-hydroxylation sites is 1. The van der Waals surface area contributed by atoms with Crippen LogP contribution in [0.15, 0.2) is 79.3 Å². The lowest BCUT2D eigenvalue weighted by Crippen LogP contribution is -2.30. The molecule has 0 radical (unpaired) electrons. The predicted molar refractivity (Wildman–Crippen MR) is 143 cm³/mol. The molecule has 0 atom stereocenters. The highest BCUT2D eigenvalue weighted by Gasteiger charge is 2.15. The molecule has 0 aliphatic rings. The van der Waals surface area contributed by atoms with Crippen molar-refractivity contribution in [2.75, 3.05) is 18.4 Å². The summed E-state index contributed by atoms with van der Waals surface area (Å²) in [5.41, 5.74) is 5.34. The minimum absolute atomic E-state index is 0.602. The number of anilines is 1. The Hall–Kier alpha value is -3.81. The van der Waals surface area contributed by atoms with E-state index in [2.05, 4.69) is 63.8 Å². The van der Waals surface area contributed by atoms with E-state index >= 15 is 0 Å². The Morgan fingerprint density at radius 2 is 1.82 bits per heavy atom. The number of benzene rings is 2. The molecule has 3 N–H and O–H groups in total. The molecule has 3 heterocycles. The van der Waals surface area contributed by atoms with Gasteiger partial charge in [-0.1, -0.05) is 48.5 Å². The smallest absolute Gasteiger partial charge is 0.223 e. The van der Waals surface area contributed by atoms with Crippen molar-refractivity contribution in [3.63, 3.8) is 0 Å². The third kappa shape index (κ3) is 4.35. The van der Waals surface area contributed by atoms with E-state index in [4.69, 9.17) is 10.8 Å². The van der Waals surface area contributed by atoms with Crippen molar-refractivity contribution in [2.45, 2.75) is 13.8 Å². The highest BCUT2D eigenvalue weighted by Crippen LogP contribution is 2.41. The SMILES string of the molecule is C/C=C\N(N)CCNc1ncc(C)c(-c2cc3cccc(-c4cccc5cccnc45)c3s2)n1. The zero-order valence-electron chi connectivity index (χ0n) is 19.2. The maximum absolute atomic E-state index is 5.90. The molecule has 2 aromatic carbocycles. The average Bonchev–Trinajstić information content (AvgIpc) is 3.29. The molecule has 5 aromatic rings. The van der Waals surface area contributed by atoms with E-state index in [1.165, 1.54) is 15.6 Å². The molecule has 0 amide bonds. The minimum Gasteiger partial charge on any atom is -0.352 e. The first kappa shape index (κ1) is 22.0. The number of rotatable bonds is 7. The van der Waals surface area contributed by atoms with Crippen LogP contribution in [0, 0.1) is 6.92 Å². The van der Waals surface area contributed by atoms with Crippen LogP contribution in [0.2, 0.25) is 0 Å². The van der Waals surface area contributed by atoms with Crippen molar-refractivity contribution in [1.82, 2.24) is 20.0 Å². The summed E-state index contributed by atoms with van der Waals surface area (Å²) in [7, 11) is 0. The Bertz CT molecular complexity index is 1480. The van der Waals surface area contributed by atoms with E-state index in [0.717, 1.165) is 32.6 Å². The number of nitrogens with two attached hydrogens (primary N) is 1. The van der Waals surface area contributed by atoms with Crippen LogP contribution in [0.4, 0.5) is 5.95 Å². The summed E-state index contributed by atoms with van der Waals surface area (Å²) in [6.45, 7) is 5.29. The molecule has 0 bridgehead atoms. The molecule has 5 rings (SSSR count). The Morgan fingerprint density at radius 1 is 1.03 bits per heavy atom. The summed E-state index contributed by atoms with van der Waals surface area (Å²) in [6, 6.07) is 19.1. The molecule has 7 heteroatoms. The summed E-state index contributed by atoms with van der Waals surface area (Å²) in [6.07, 6.45) is 7.47. The van der Waals surface area contributed by atoms with Gasteiger partial charge < -0.3 is 10.3 Å². The fourth-order valence-electron chi connectivity index (χ4n) is 4.05. The number of aryl methyl sites for hydroxylation is 1. The highest BCUT2D eigenvalue weighted by molar-refractivity contribution is 7.22. The number of hydrogen-bond donors (Lipinski definition) is 2. The molecular weight excluding hydrogens is 440 g/mol. The first-order chi connectivity index (χ1) is 16.6. The van der Waals surface area contributed by atoms with Crippen LogP contribution in [0.1, 0.15) is 12.5 Å². The molecule has 0 spiro atoms. The number of hydrogen-bond acceptors (Lipinski definition) is 7. The van der Waals surface area contributed by atoms with Crippen LogP contribution in [-0.2, 0) is 0 Å². The van der Waals surface area contributed by atoms with Gasteiger partial charge in [-0.25, -0.2) is 15.8 Å². The molecule has 170 valence electrons. The lowest BCUT2D eigenvalue weighted by molar-refractivity contribution is 0.408. The summed E-state index contributed by atoms with van der Waals surface area (Å²) in [5, 5.41) is 7.26. The largest absolute Gasteiger partial charge is 0.352 e. The lowest BCUT2D eigenvalue weighted by atomic mass is 10.0. The molecule has 0 saturated carbocycles. The van der Waals surface area contributed by atoms with Crippen molar-refractivity contribution in [2.24, 2.45) is 5.84 Å². The van der Waals surface area contributed by atoms with E-state index in [9.17, 15) is 0 Å². The molecule has 0 unspecified atom stereocenters. The molecule has 3 aromatic heterocycles. The number of fused-ring (bicyclic) bond motifs is 2. The average molecular weight is 467 g/mol. The van der Waals surface area contributed by atoms with E-state index in [1.54, 1.807) is 16.3 Å². The second kappa shape index (κ2) is 9.59. The molecule has 6 nitrogen and oxygen atoms in total. The van der Waals surface area contributed by atoms with Crippen LogP contribution in [0.3, 0.4) is 0 Å². The summed E-state index contributed by atoms with van der Waals surface area (Å²) in [5.74, 6) is 6.50. The highest BCUT2D eigenvalue weighted by atomic mass is 32.1. The van der Waals surface area contributed by atoms with Gasteiger partial charge in [-0.2, -0.15) is 0 Å². The van der Waals surface area contributed by atoms with Gasteiger partial charge in [0.25, 0.3) is 0 Å². The van der Waals surface area contributed by atoms with Gasteiger partial charge in [-0.15, -0.1) is 11.3 Å². The molecule has 0 aliphatic heterocycles. The van der Waals surface area contributed by atoms with Crippen LogP contribution in [0.25, 0.3) is 42.7 Å². The van der Waals surface area contributed by atoms with Gasteiger partial charge in [0, 0.05) is 46.4 Å². The van der Waals surface area contributed by atoms with Gasteiger partial charge in [0.2, 0.25) is 5.95 Å². The maximum Gasteiger partial charge on any atom is 0.223 e. The monoisotopic (exact) mass is 466 g/mol. The third-order valence-corrected chi connectivity index (χ3v) is 6.86. The van der Waals surface area contributed by atoms with Crippen molar-refractivity contribution in [3.8, 4) is 21.7 Å². The molecule has 0 fully saturated rings. The third-order valence-electron chi connectivity index (χ3n) is 5.67. The van der Waals surface area contributed by atoms with E-state index < -0.39 is 0 Å². The fraction of sp³-hybridized carbons (Fsp3) is 0.148. The lowest BCUT2D eigenvalue weighted by Gasteiger charge is -2.14.